The lowest BCUT2D eigenvalue weighted by molar-refractivity contribution is 0.524. The van der Waals surface area contributed by atoms with Crippen molar-refractivity contribution in [1.82, 2.24) is 25.1 Å². The Morgan fingerprint density at radius 2 is 2.12 bits per heavy atom. The molecule has 0 spiro atoms. The molecule has 0 radical (unpaired) electrons. The number of aromatic nitrogens is 5. The van der Waals surface area contributed by atoms with Crippen LogP contribution in [0.4, 0.5) is 12.0 Å². The maximum Gasteiger partial charge on any atom is 0.315 e. The van der Waals surface area contributed by atoms with E-state index in [0.29, 0.717) is 11.9 Å². The summed E-state index contributed by atoms with van der Waals surface area (Å²) in [7, 11) is 0. The molecule has 1 saturated heterocycles. The van der Waals surface area contributed by atoms with E-state index in [1.807, 2.05) is 26.1 Å². The van der Waals surface area contributed by atoms with Gasteiger partial charge in [0, 0.05) is 32.3 Å². The van der Waals surface area contributed by atoms with Gasteiger partial charge >= 0.3 is 6.01 Å². The summed E-state index contributed by atoms with van der Waals surface area (Å²) >= 11 is 1.66. The molecule has 1 aliphatic rings. The Balaban J connectivity index is 1.49. The minimum Gasteiger partial charge on any atom is -0.408 e. The minimum atomic E-state index is 0.236. The molecule has 8 nitrogen and oxygen atoms in total. The van der Waals surface area contributed by atoms with Gasteiger partial charge in [-0.2, -0.15) is 0 Å². The minimum absolute atomic E-state index is 0.236. The average molecular weight is 357 g/mol. The van der Waals surface area contributed by atoms with Crippen LogP contribution >= 0.6 is 11.3 Å². The molecule has 130 valence electrons. The molecule has 1 N–H and O–H groups in total. The average Bonchev–Trinajstić information content (AvgIpc) is 3.29. The van der Waals surface area contributed by atoms with Crippen molar-refractivity contribution >= 4 is 23.3 Å². The van der Waals surface area contributed by atoms with Crippen LogP contribution in [0.5, 0.6) is 0 Å². The lowest BCUT2D eigenvalue weighted by Gasteiger charge is -2.16. The normalized spacial score (nSPS) is 17.2. The number of hydrogen-bond acceptors (Lipinski definition) is 9. The fourth-order valence-corrected chi connectivity index (χ4v) is 3.88. The highest BCUT2D eigenvalue weighted by atomic mass is 32.1. The third kappa shape index (κ3) is 3.32. The Kier molecular flexibility index (Phi) is 4.08. The fraction of sp³-hybridized carbons (Fsp3) is 0.438. The van der Waals surface area contributed by atoms with Crippen LogP contribution in [-0.4, -0.2) is 44.3 Å². The molecule has 0 bridgehead atoms. The second kappa shape index (κ2) is 6.40. The molecular weight excluding hydrogens is 338 g/mol. The van der Waals surface area contributed by atoms with Gasteiger partial charge in [0.25, 0.3) is 0 Å². The fourth-order valence-electron chi connectivity index (χ4n) is 2.99. The van der Waals surface area contributed by atoms with E-state index in [4.69, 9.17) is 9.40 Å². The van der Waals surface area contributed by atoms with Crippen LogP contribution in [0.25, 0.3) is 10.6 Å². The lowest BCUT2D eigenvalue weighted by Crippen LogP contribution is -2.27. The first-order valence-electron chi connectivity index (χ1n) is 8.17. The number of anilines is 2. The monoisotopic (exact) mass is 357 g/mol. The zero-order valence-corrected chi connectivity index (χ0v) is 15.2. The Morgan fingerprint density at radius 1 is 1.24 bits per heavy atom. The summed E-state index contributed by atoms with van der Waals surface area (Å²) in [5.41, 5.74) is 1.94. The van der Waals surface area contributed by atoms with E-state index in [-0.39, 0.29) is 6.04 Å². The molecule has 4 rings (SSSR count). The van der Waals surface area contributed by atoms with Gasteiger partial charge in [0.2, 0.25) is 11.8 Å². The second-order valence-electron chi connectivity index (χ2n) is 6.09. The Hall–Kier alpha value is -2.55. The summed E-state index contributed by atoms with van der Waals surface area (Å²) in [6.45, 7) is 7.49. The van der Waals surface area contributed by atoms with E-state index in [9.17, 15) is 0 Å². The molecule has 0 amide bonds. The van der Waals surface area contributed by atoms with Crippen LogP contribution in [0.1, 0.15) is 23.0 Å². The molecule has 0 aromatic carbocycles. The van der Waals surface area contributed by atoms with Crippen molar-refractivity contribution in [2.24, 2.45) is 0 Å². The number of thiazole rings is 1. The maximum absolute atomic E-state index is 5.39. The quantitative estimate of drug-likeness (QED) is 0.762. The van der Waals surface area contributed by atoms with Gasteiger partial charge in [-0.3, -0.25) is 0 Å². The number of rotatable bonds is 4. The Labute approximate surface area is 149 Å². The zero-order valence-electron chi connectivity index (χ0n) is 14.4. The first-order chi connectivity index (χ1) is 12.1. The van der Waals surface area contributed by atoms with Crippen molar-refractivity contribution in [2.75, 3.05) is 23.3 Å². The van der Waals surface area contributed by atoms with Crippen molar-refractivity contribution in [3.63, 3.8) is 0 Å². The van der Waals surface area contributed by atoms with E-state index in [0.717, 1.165) is 46.7 Å². The van der Waals surface area contributed by atoms with E-state index in [1.54, 1.807) is 18.3 Å². The van der Waals surface area contributed by atoms with Gasteiger partial charge in [0.1, 0.15) is 0 Å². The van der Waals surface area contributed by atoms with Crippen molar-refractivity contribution in [3.8, 4) is 10.6 Å². The lowest BCUT2D eigenvalue weighted by atomic mass is 10.3. The predicted molar refractivity (Wildman–Crippen MR) is 95.9 cm³/mol. The van der Waals surface area contributed by atoms with Gasteiger partial charge in [-0.15, -0.1) is 16.4 Å². The zero-order chi connectivity index (χ0) is 17.4. The molecule has 0 aliphatic carbocycles. The van der Waals surface area contributed by atoms with Crippen molar-refractivity contribution in [2.45, 2.75) is 33.2 Å². The van der Waals surface area contributed by atoms with Crippen molar-refractivity contribution in [3.05, 3.63) is 28.9 Å². The molecule has 1 atom stereocenters. The van der Waals surface area contributed by atoms with Crippen LogP contribution in [-0.2, 0) is 0 Å². The highest BCUT2D eigenvalue weighted by Gasteiger charge is 2.26. The molecular formula is C16H19N7OS. The van der Waals surface area contributed by atoms with Gasteiger partial charge in [-0.1, -0.05) is 5.10 Å². The summed E-state index contributed by atoms with van der Waals surface area (Å²) in [4.78, 5) is 17.0. The smallest absolute Gasteiger partial charge is 0.315 e. The number of nitrogens with zero attached hydrogens (tertiary/aromatic N) is 6. The van der Waals surface area contributed by atoms with Gasteiger partial charge < -0.3 is 14.6 Å². The number of nitrogens with one attached hydrogen (secondary N) is 1. The van der Waals surface area contributed by atoms with Crippen molar-refractivity contribution < 1.29 is 4.42 Å². The summed E-state index contributed by atoms with van der Waals surface area (Å²) in [6.07, 6.45) is 2.78. The molecule has 0 saturated carbocycles. The van der Waals surface area contributed by atoms with Gasteiger partial charge in [-0.25, -0.2) is 15.0 Å². The Morgan fingerprint density at radius 3 is 2.84 bits per heavy atom. The topological polar surface area (TPSA) is 92.9 Å². The first kappa shape index (κ1) is 15.9. The molecule has 1 aliphatic heterocycles. The maximum atomic E-state index is 5.39. The van der Waals surface area contributed by atoms with Gasteiger partial charge in [-0.05, 0) is 26.3 Å². The van der Waals surface area contributed by atoms with Crippen LogP contribution < -0.4 is 10.2 Å². The van der Waals surface area contributed by atoms with Crippen LogP contribution in [0, 0.1) is 20.8 Å². The summed E-state index contributed by atoms with van der Waals surface area (Å²) < 4.78 is 5.39. The number of hydrogen-bond donors (Lipinski definition) is 1. The molecule has 3 aromatic heterocycles. The van der Waals surface area contributed by atoms with Crippen LogP contribution in [0.15, 0.2) is 16.7 Å². The molecule has 9 heteroatoms. The van der Waals surface area contributed by atoms with E-state index in [1.165, 1.54) is 0 Å². The van der Waals surface area contributed by atoms with Gasteiger partial charge in [0.15, 0.2) is 0 Å². The molecule has 3 aromatic rings. The molecule has 25 heavy (non-hydrogen) atoms. The summed E-state index contributed by atoms with van der Waals surface area (Å²) in [5.74, 6) is 1.30. The van der Waals surface area contributed by atoms with E-state index in [2.05, 4.69) is 30.4 Å². The van der Waals surface area contributed by atoms with Crippen LogP contribution in [0.2, 0.25) is 0 Å². The third-order valence-corrected chi connectivity index (χ3v) is 5.20. The predicted octanol–water partition coefficient (Wildman–Crippen LogP) is 2.60. The molecule has 1 fully saturated rings. The third-order valence-electron chi connectivity index (χ3n) is 4.10. The summed E-state index contributed by atoms with van der Waals surface area (Å²) in [5, 5.41) is 12.2. The largest absolute Gasteiger partial charge is 0.408 e. The standard InChI is InChI=1S/C16H19N7OS/c1-9-14(25-11(3)18-9)13-4-6-17-15(20-13)23-7-5-12(8-23)19-16-22-21-10(2)24-16/h4,6,12H,5,7-8H2,1-3H3,(H,19,22). The Bertz CT molecular complexity index is 890. The first-order valence-corrected chi connectivity index (χ1v) is 8.99. The second-order valence-corrected chi connectivity index (χ2v) is 7.29. The van der Waals surface area contributed by atoms with E-state index >= 15 is 0 Å². The van der Waals surface area contributed by atoms with Crippen LogP contribution in [0.3, 0.4) is 0 Å². The van der Waals surface area contributed by atoms with Crippen molar-refractivity contribution in [1.29, 1.82) is 0 Å². The highest BCUT2D eigenvalue weighted by Crippen LogP contribution is 2.29. The summed E-state index contributed by atoms with van der Waals surface area (Å²) in [6, 6.07) is 2.64. The molecule has 1 unspecified atom stereocenters. The highest BCUT2D eigenvalue weighted by molar-refractivity contribution is 7.15. The SMILES string of the molecule is Cc1nnc(NC2CCN(c3nccc(-c4sc(C)nc4C)n3)C2)o1. The van der Waals surface area contributed by atoms with E-state index < -0.39 is 0 Å². The number of aryl methyl sites for hydroxylation is 3. The molecule has 4 heterocycles. The van der Waals surface area contributed by atoms with Gasteiger partial charge in [0.05, 0.1) is 21.3 Å².